The van der Waals surface area contributed by atoms with Crippen LogP contribution in [-0.2, 0) is 0 Å². The molecule has 2 aromatic carbocycles. The fraction of sp³-hybridized carbons (Fsp3) is 0.0526. The maximum Gasteiger partial charge on any atom is 0.142 e. The molecule has 4 nitrogen and oxygen atoms in total. The summed E-state index contributed by atoms with van der Waals surface area (Å²) >= 11 is 0. The molecular weight excluding hydrogens is 286 g/mol. The first-order chi connectivity index (χ1) is 11.2. The molecule has 0 saturated carbocycles. The second-order valence-electron chi connectivity index (χ2n) is 5.13. The second-order valence-corrected chi connectivity index (χ2v) is 5.13. The predicted octanol–water partition coefficient (Wildman–Crippen LogP) is 4.30. The Morgan fingerprint density at radius 2 is 1.74 bits per heavy atom. The predicted molar refractivity (Wildman–Crippen MR) is 90.1 cm³/mol. The molecule has 0 aliphatic carbocycles. The number of nitriles is 1. The van der Waals surface area contributed by atoms with Crippen LogP contribution in [0.15, 0.2) is 60.7 Å². The number of pyridine rings is 1. The first kappa shape index (κ1) is 14.6. The third-order valence-electron chi connectivity index (χ3n) is 3.41. The Bertz CT molecular complexity index is 883. The number of hydrogen-bond acceptors (Lipinski definition) is 4. The van der Waals surface area contributed by atoms with Gasteiger partial charge in [0.05, 0.1) is 0 Å². The lowest BCUT2D eigenvalue weighted by Crippen LogP contribution is -1.99. The molecule has 0 aliphatic heterocycles. The number of benzene rings is 2. The Kier molecular flexibility index (Phi) is 3.94. The molecule has 3 aromatic rings. The third kappa shape index (κ3) is 3.14. The van der Waals surface area contributed by atoms with Gasteiger partial charge in [-0.1, -0.05) is 30.3 Å². The van der Waals surface area contributed by atoms with E-state index in [1.54, 1.807) is 0 Å². The maximum atomic E-state index is 9.35. The molecule has 112 valence electrons. The monoisotopic (exact) mass is 301 g/mol. The lowest BCUT2D eigenvalue weighted by molar-refractivity contribution is 0.483. The lowest BCUT2D eigenvalue weighted by atomic mass is 10.0. The topological polar surface area (TPSA) is 71.9 Å². The van der Waals surface area contributed by atoms with Crippen LogP contribution in [0.3, 0.4) is 0 Å². The third-order valence-corrected chi connectivity index (χ3v) is 3.41. The van der Waals surface area contributed by atoms with Gasteiger partial charge in [0.1, 0.15) is 28.9 Å². The molecule has 0 atom stereocenters. The number of anilines is 1. The normalized spacial score (nSPS) is 10.1. The minimum absolute atomic E-state index is 0.247. The van der Waals surface area contributed by atoms with Crippen LogP contribution in [0.4, 0.5) is 5.82 Å². The van der Waals surface area contributed by atoms with Gasteiger partial charge in [-0.2, -0.15) is 5.26 Å². The summed E-state index contributed by atoms with van der Waals surface area (Å²) in [5.74, 6) is 1.71. The number of nitrogen functional groups attached to an aromatic ring is 1. The highest BCUT2D eigenvalue weighted by Crippen LogP contribution is 2.31. The van der Waals surface area contributed by atoms with Gasteiger partial charge in [0.15, 0.2) is 0 Å². The van der Waals surface area contributed by atoms with E-state index in [2.05, 4.69) is 11.1 Å². The summed E-state index contributed by atoms with van der Waals surface area (Å²) in [5.41, 5.74) is 8.65. The van der Waals surface area contributed by atoms with E-state index < -0.39 is 0 Å². The van der Waals surface area contributed by atoms with Gasteiger partial charge >= 0.3 is 0 Å². The molecule has 0 saturated heterocycles. The Morgan fingerprint density at radius 3 is 2.48 bits per heavy atom. The van der Waals surface area contributed by atoms with Gasteiger partial charge < -0.3 is 10.5 Å². The SMILES string of the molecule is Cc1cc(-c2cccc(Oc3ccccc3)c2)c(C#N)c(N)n1. The number of nitrogens with two attached hydrogens (primary N) is 1. The van der Waals surface area contributed by atoms with Crippen LogP contribution in [0.1, 0.15) is 11.3 Å². The summed E-state index contributed by atoms with van der Waals surface area (Å²) in [5, 5.41) is 9.35. The number of para-hydroxylation sites is 1. The van der Waals surface area contributed by atoms with Crippen LogP contribution in [0.5, 0.6) is 11.5 Å². The van der Waals surface area contributed by atoms with Crippen LogP contribution in [0.2, 0.25) is 0 Å². The Balaban J connectivity index is 2.02. The first-order valence-electron chi connectivity index (χ1n) is 7.18. The molecule has 1 aromatic heterocycles. The lowest BCUT2D eigenvalue weighted by Gasteiger charge is -2.10. The summed E-state index contributed by atoms with van der Waals surface area (Å²) < 4.78 is 5.84. The second kappa shape index (κ2) is 6.20. The Labute approximate surface area is 134 Å². The van der Waals surface area contributed by atoms with E-state index in [0.29, 0.717) is 11.3 Å². The molecule has 0 aliphatic rings. The van der Waals surface area contributed by atoms with Crippen molar-refractivity contribution in [3.05, 3.63) is 71.9 Å². The van der Waals surface area contributed by atoms with E-state index in [-0.39, 0.29) is 5.82 Å². The zero-order valence-corrected chi connectivity index (χ0v) is 12.7. The van der Waals surface area contributed by atoms with Crippen molar-refractivity contribution in [2.24, 2.45) is 0 Å². The summed E-state index contributed by atoms with van der Waals surface area (Å²) in [7, 11) is 0. The van der Waals surface area contributed by atoms with Crippen molar-refractivity contribution >= 4 is 5.82 Å². The summed E-state index contributed by atoms with van der Waals surface area (Å²) in [6.45, 7) is 1.85. The van der Waals surface area contributed by atoms with E-state index in [1.165, 1.54) is 0 Å². The fourth-order valence-electron chi connectivity index (χ4n) is 2.39. The summed E-state index contributed by atoms with van der Waals surface area (Å²) in [4.78, 5) is 4.14. The van der Waals surface area contributed by atoms with Crippen molar-refractivity contribution < 1.29 is 4.74 Å². The first-order valence-corrected chi connectivity index (χ1v) is 7.18. The number of aryl methyl sites for hydroxylation is 1. The summed E-state index contributed by atoms with van der Waals surface area (Å²) in [6.07, 6.45) is 0. The molecule has 0 radical (unpaired) electrons. The van der Waals surface area contributed by atoms with Gasteiger partial charge in [0.2, 0.25) is 0 Å². The number of aromatic nitrogens is 1. The highest BCUT2D eigenvalue weighted by Gasteiger charge is 2.11. The molecule has 4 heteroatoms. The van der Waals surface area contributed by atoms with Crippen molar-refractivity contribution in [2.45, 2.75) is 6.92 Å². The average molecular weight is 301 g/mol. The molecule has 0 bridgehead atoms. The van der Waals surface area contributed by atoms with E-state index in [0.717, 1.165) is 22.6 Å². The minimum atomic E-state index is 0.247. The summed E-state index contributed by atoms with van der Waals surface area (Å²) in [6, 6.07) is 21.1. The zero-order valence-electron chi connectivity index (χ0n) is 12.7. The van der Waals surface area contributed by atoms with Gasteiger partial charge in [-0.05, 0) is 42.8 Å². The average Bonchev–Trinajstić information content (AvgIpc) is 2.55. The highest BCUT2D eigenvalue weighted by atomic mass is 16.5. The van der Waals surface area contributed by atoms with Gasteiger partial charge in [-0.25, -0.2) is 4.98 Å². The molecule has 0 fully saturated rings. The van der Waals surface area contributed by atoms with Gasteiger partial charge in [-0.15, -0.1) is 0 Å². The van der Waals surface area contributed by atoms with Crippen LogP contribution < -0.4 is 10.5 Å². The van der Waals surface area contributed by atoms with Crippen molar-refractivity contribution in [2.75, 3.05) is 5.73 Å². The van der Waals surface area contributed by atoms with Crippen LogP contribution >= 0.6 is 0 Å². The maximum absolute atomic E-state index is 9.35. The Morgan fingerprint density at radius 1 is 1.00 bits per heavy atom. The molecule has 1 heterocycles. The van der Waals surface area contributed by atoms with Gasteiger partial charge in [0.25, 0.3) is 0 Å². The molecule has 0 amide bonds. The largest absolute Gasteiger partial charge is 0.457 e. The van der Waals surface area contributed by atoms with Gasteiger partial charge in [-0.3, -0.25) is 0 Å². The smallest absolute Gasteiger partial charge is 0.142 e. The van der Waals surface area contributed by atoms with Crippen molar-refractivity contribution in [1.82, 2.24) is 4.98 Å². The van der Waals surface area contributed by atoms with E-state index in [9.17, 15) is 5.26 Å². The number of ether oxygens (including phenoxy) is 1. The number of nitrogens with zero attached hydrogens (tertiary/aromatic N) is 2. The van der Waals surface area contributed by atoms with E-state index in [1.807, 2.05) is 67.6 Å². The highest BCUT2D eigenvalue weighted by molar-refractivity contribution is 5.76. The fourth-order valence-corrected chi connectivity index (χ4v) is 2.39. The van der Waals surface area contributed by atoms with Crippen molar-refractivity contribution in [1.29, 1.82) is 5.26 Å². The van der Waals surface area contributed by atoms with Crippen LogP contribution in [0, 0.1) is 18.3 Å². The van der Waals surface area contributed by atoms with E-state index in [4.69, 9.17) is 10.5 Å². The zero-order chi connectivity index (χ0) is 16.2. The van der Waals surface area contributed by atoms with E-state index >= 15 is 0 Å². The van der Waals surface area contributed by atoms with Crippen molar-refractivity contribution in [3.8, 4) is 28.7 Å². The van der Waals surface area contributed by atoms with Gasteiger partial charge in [0, 0.05) is 11.3 Å². The standard InChI is InChI=1S/C19H15N3O/c1-13-10-17(18(12-20)19(21)22-13)14-6-5-9-16(11-14)23-15-7-3-2-4-8-15/h2-11H,1H3,(H2,21,22). The quantitative estimate of drug-likeness (QED) is 0.782. The Hall–Kier alpha value is -3.32. The van der Waals surface area contributed by atoms with Crippen LogP contribution in [-0.4, -0.2) is 4.98 Å². The molecule has 0 spiro atoms. The number of hydrogen-bond donors (Lipinski definition) is 1. The van der Waals surface area contributed by atoms with Crippen molar-refractivity contribution in [3.63, 3.8) is 0 Å². The minimum Gasteiger partial charge on any atom is -0.457 e. The van der Waals surface area contributed by atoms with Crippen LogP contribution in [0.25, 0.3) is 11.1 Å². The molecule has 23 heavy (non-hydrogen) atoms. The number of rotatable bonds is 3. The molecular formula is C19H15N3O. The molecule has 0 unspecified atom stereocenters. The molecule has 3 rings (SSSR count). The molecule has 2 N–H and O–H groups in total.